The number of carbonyl (C=O) groups excluding carboxylic acids is 1. The molecule has 2 aromatic heterocycles. The highest BCUT2D eigenvalue weighted by Gasteiger charge is 2.16. The van der Waals surface area contributed by atoms with Gasteiger partial charge in [-0.15, -0.1) is 21.5 Å². The second-order valence-electron chi connectivity index (χ2n) is 7.50. The van der Waals surface area contributed by atoms with Crippen molar-refractivity contribution in [2.75, 3.05) is 13.1 Å². The van der Waals surface area contributed by atoms with Crippen LogP contribution in [0.5, 0.6) is 0 Å². The van der Waals surface area contributed by atoms with E-state index < -0.39 is 0 Å². The van der Waals surface area contributed by atoms with Crippen molar-refractivity contribution in [3.63, 3.8) is 0 Å². The Balaban J connectivity index is 1.49. The van der Waals surface area contributed by atoms with Crippen molar-refractivity contribution in [1.29, 1.82) is 0 Å². The Morgan fingerprint density at radius 1 is 0.879 bits per heavy atom. The van der Waals surface area contributed by atoms with Crippen LogP contribution in [-0.4, -0.2) is 39.1 Å². The Labute approximate surface area is 200 Å². The molecule has 7 heteroatoms. The largest absolute Gasteiger partial charge is 0.339 e. The van der Waals surface area contributed by atoms with E-state index in [4.69, 9.17) is 4.98 Å². The summed E-state index contributed by atoms with van der Waals surface area (Å²) in [7, 11) is 0. The minimum Gasteiger partial charge on any atom is -0.339 e. The number of aromatic nitrogens is 3. The zero-order valence-corrected chi connectivity index (χ0v) is 20.0. The van der Waals surface area contributed by atoms with Crippen LogP contribution in [0, 0.1) is 0 Å². The molecule has 5 aromatic rings. The van der Waals surface area contributed by atoms with Crippen LogP contribution in [0.2, 0.25) is 0 Å². The van der Waals surface area contributed by atoms with Gasteiger partial charge < -0.3 is 4.90 Å². The van der Waals surface area contributed by atoms with Gasteiger partial charge in [-0.1, -0.05) is 48.5 Å². The van der Waals surface area contributed by atoms with E-state index in [0.717, 1.165) is 41.6 Å². The smallest absolute Gasteiger partial charge is 0.253 e. The molecule has 33 heavy (non-hydrogen) atoms. The number of hydrogen-bond acceptors (Lipinski definition) is 6. The Morgan fingerprint density at radius 3 is 2.30 bits per heavy atom. The minimum absolute atomic E-state index is 0.0464. The fourth-order valence-electron chi connectivity index (χ4n) is 3.81. The maximum Gasteiger partial charge on any atom is 0.253 e. The number of hydrogen-bond donors (Lipinski definition) is 0. The van der Waals surface area contributed by atoms with Crippen molar-refractivity contribution >= 4 is 50.0 Å². The fraction of sp³-hybridized carbons (Fsp3) is 0.154. The van der Waals surface area contributed by atoms with E-state index in [2.05, 4.69) is 28.4 Å². The van der Waals surface area contributed by atoms with Gasteiger partial charge in [-0.3, -0.25) is 4.79 Å². The first-order chi connectivity index (χ1) is 16.2. The maximum atomic E-state index is 12.6. The standard InChI is InChI=1S/C26H22N4OS2/c1-3-30(4-2)25(31)18-15-13-17(14-16-18)23-19-9-5-6-10-20(19)24(29-28-23)33-26-27-21-11-7-8-12-22(21)32-26/h5-16H,3-4H2,1-2H3. The molecule has 0 spiro atoms. The Morgan fingerprint density at radius 2 is 1.58 bits per heavy atom. The molecular formula is C26H22N4OS2. The summed E-state index contributed by atoms with van der Waals surface area (Å²) in [6, 6.07) is 23.9. The highest BCUT2D eigenvalue weighted by molar-refractivity contribution is 8.01. The van der Waals surface area contributed by atoms with E-state index in [9.17, 15) is 4.79 Å². The Kier molecular flexibility index (Phi) is 6.07. The summed E-state index contributed by atoms with van der Waals surface area (Å²) in [6.07, 6.45) is 0. The van der Waals surface area contributed by atoms with Gasteiger partial charge in [-0.2, -0.15) is 0 Å². The average molecular weight is 471 g/mol. The van der Waals surface area contributed by atoms with Crippen LogP contribution in [0.3, 0.4) is 0 Å². The van der Waals surface area contributed by atoms with Crippen molar-refractivity contribution in [3.8, 4) is 11.3 Å². The van der Waals surface area contributed by atoms with Gasteiger partial charge in [0.2, 0.25) is 0 Å². The lowest BCUT2D eigenvalue weighted by atomic mass is 10.0. The van der Waals surface area contributed by atoms with E-state index in [-0.39, 0.29) is 5.91 Å². The number of amides is 1. The van der Waals surface area contributed by atoms with Gasteiger partial charge in [0.1, 0.15) is 10.7 Å². The lowest BCUT2D eigenvalue weighted by molar-refractivity contribution is 0.0773. The van der Waals surface area contributed by atoms with Crippen LogP contribution < -0.4 is 0 Å². The van der Waals surface area contributed by atoms with Crippen LogP contribution >= 0.6 is 23.1 Å². The van der Waals surface area contributed by atoms with E-state index in [1.165, 1.54) is 0 Å². The second-order valence-corrected chi connectivity index (χ2v) is 9.77. The summed E-state index contributed by atoms with van der Waals surface area (Å²) >= 11 is 3.20. The van der Waals surface area contributed by atoms with Crippen LogP contribution in [-0.2, 0) is 0 Å². The molecule has 0 saturated heterocycles. The molecule has 0 bridgehead atoms. The predicted octanol–water partition coefficient (Wildman–Crippen LogP) is 6.54. The predicted molar refractivity (Wildman–Crippen MR) is 136 cm³/mol. The molecule has 0 saturated carbocycles. The molecular weight excluding hydrogens is 448 g/mol. The zero-order valence-electron chi connectivity index (χ0n) is 18.4. The van der Waals surface area contributed by atoms with Crippen LogP contribution in [0.15, 0.2) is 82.2 Å². The Hall–Kier alpha value is -3.29. The Bertz CT molecular complexity index is 1410. The van der Waals surface area contributed by atoms with Crippen molar-refractivity contribution in [1.82, 2.24) is 20.1 Å². The van der Waals surface area contributed by atoms with Crippen molar-refractivity contribution in [2.45, 2.75) is 23.2 Å². The monoisotopic (exact) mass is 470 g/mol. The van der Waals surface area contributed by atoms with Crippen LogP contribution in [0.4, 0.5) is 0 Å². The normalized spacial score (nSPS) is 11.2. The molecule has 164 valence electrons. The zero-order chi connectivity index (χ0) is 22.8. The number of thiazole rings is 1. The van der Waals surface area contributed by atoms with Crippen molar-refractivity contribution in [2.24, 2.45) is 0 Å². The number of para-hydroxylation sites is 1. The molecule has 0 N–H and O–H groups in total. The molecule has 0 fully saturated rings. The molecule has 2 heterocycles. The van der Waals surface area contributed by atoms with Crippen molar-refractivity contribution in [3.05, 3.63) is 78.4 Å². The quantitative estimate of drug-likeness (QED) is 0.282. The summed E-state index contributed by atoms with van der Waals surface area (Å²) in [4.78, 5) is 19.2. The third-order valence-corrected chi connectivity index (χ3v) is 7.66. The lowest BCUT2D eigenvalue weighted by Gasteiger charge is -2.18. The lowest BCUT2D eigenvalue weighted by Crippen LogP contribution is -2.30. The summed E-state index contributed by atoms with van der Waals surface area (Å²) in [5.41, 5.74) is 3.42. The number of nitrogens with zero attached hydrogens (tertiary/aromatic N) is 4. The molecule has 0 aliphatic heterocycles. The van der Waals surface area contributed by atoms with Crippen LogP contribution in [0.1, 0.15) is 24.2 Å². The van der Waals surface area contributed by atoms with Gasteiger partial charge >= 0.3 is 0 Å². The molecule has 0 atom stereocenters. The number of rotatable bonds is 6. The fourth-order valence-corrected chi connectivity index (χ4v) is 5.86. The maximum absolute atomic E-state index is 12.6. The van der Waals surface area contributed by atoms with Gasteiger partial charge in [0.25, 0.3) is 5.91 Å². The first-order valence-corrected chi connectivity index (χ1v) is 12.5. The van der Waals surface area contributed by atoms with Gasteiger partial charge in [0.15, 0.2) is 4.34 Å². The van der Waals surface area contributed by atoms with Gasteiger partial charge in [-0.05, 0) is 49.9 Å². The highest BCUT2D eigenvalue weighted by atomic mass is 32.2. The van der Waals surface area contributed by atoms with E-state index >= 15 is 0 Å². The minimum atomic E-state index is 0.0464. The van der Waals surface area contributed by atoms with Crippen molar-refractivity contribution < 1.29 is 4.79 Å². The second kappa shape index (κ2) is 9.29. The third-order valence-electron chi connectivity index (χ3n) is 5.57. The van der Waals surface area contributed by atoms with E-state index in [1.54, 1.807) is 23.1 Å². The molecule has 1 amide bonds. The van der Waals surface area contributed by atoms with Crippen LogP contribution in [0.25, 0.3) is 32.2 Å². The first kappa shape index (κ1) is 21.6. The van der Waals surface area contributed by atoms with Gasteiger partial charge in [0.05, 0.1) is 10.2 Å². The highest BCUT2D eigenvalue weighted by Crippen LogP contribution is 2.38. The molecule has 3 aromatic carbocycles. The summed E-state index contributed by atoms with van der Waals surface area (Å²) in [5, 5.41) is 12.0. The number of benzene rings is 3. The molecule has 0 unspecified atom stereocenters. The average Bonchev–Trinajstić information content (AvgIpc) is 3.27. The SMILES string of the molecule is CCN(CC)C(=O)c1ccc(-c2nnc(Sc3nc4ccccc4s3)c3ccccc23)cc1. The molecule has 0 aliphatic rings. The summed E-state index contributed by atoms with van der Waals surface area (Å²) < 4.78 is 2.11. The van der Waals surface area contributed by atoms with Gasteiger partial charge in [0, 0.05) is 35.0 Å². The number of carbonyl (C=O) groups is 1. The molecule has 5 nitrogen and oxygen atoms in total. The molecule has 0 radical (unpaired) electrons. The summed E-state index contributed by atoms with van der Waals surface area (Å²) in [5.74, 6) is 0.0464. The molecule has 5 rings (SSSR count). The summed E-state index contributed by atoms with van der Waals surface area (Å²) in [6.45, 7) is 5.37. The number of fused-ring (bicyclic) bond motifs is 2. The molecule has 0 aliphatic carbocycles. The third kappa shape index (κ3) is 4.21. The first-order valence-electron chi connectivity index (χ1n) is 10.9. The van der Waals surface area contributed by atoms with Gasteiger partial charge in [-0.25, -0.2) is 4.98 Å². The van der Waals surface area contributed by atoms with E-state index in [1.807, 2.05) is 73.3 Å². The van der Waals surface area contributed by atoms with E-state index in [0.29, 0.717) is 18.7 Å². The topological polar surface area (TPSA) is 59.0 Å².